The van der Waals surface area contributed by atoms with Crippen LogP contribution in [0.1, 0.15) is 31.7 Å². The number of hydrogen-bond acceptors (Lipinski definition) is 6. The van der Waals surface area contributed by atoms with Crippen LogP contribution in [-0.4, -0.2) is 61.7 Å². The standard InChI is InChI=1S/C22H29N5O2S/c1-19-7-5-6-13-27(19)22-11-10-21(23-24-22)25-14-16-26(17-15-25)30(28,29)18-12-20-8-3-2-4-9-20/h2-4,8-12,18-19H,5-7,13-17H2,1H3/b18-12+. The molecule has 0 saturated carbocycles. The van der Waals surface area contributed by atoms with Crippen LogP contribution in [-0.2, 0) is 10.0 Å². The van der Waals surface area contributed by atoms with Crippen molar-refractivity contribution in [3.8, 4) is 0 Å². The van der Waals surface area contributed by atoms with E-state index in [9.17, 15) is 8.42 Å². The SMILES string of the molecule is CC1CCCCN1c1ccc(N2CCN(S(=O)(=O)/C=C/c3ccccc3)CC2)nn1. The molecule has 0 bridgehead atoms. The van der Waals surface area contributed by atoms with Crippen LogP contribution in [0.2, 0.25) is 0 Å². The van der Waals surface area contributed by atoms with Gasteiger partial charge in [-0.25, -0.2) is 8.42 Å². The van der Waals surface area contributed by atoms with E-state index in [0.29, 0.717) is 32.2 Å². The summed E-state index contributed by atoms with van der Waals surface area (Å²) >= 11 is 0. The lowest BCUT2D eigenvalue weighted by molar-refractivity contribution is 0.388. The number of piperazine rings is 1. The Bertz CT molecular complexity index is 955. The highest BCUT2D eigenvalue weighted by Gasteiger charge is 2.26. The summed E-state index contributed by atoms with van der Waals surface area (Å²) < 4.78 is 26.8. The predicted molar refractivity (Wildman–Crippen MR) is 121 cm³/mol. The highest BCUT2D eigenvalue weighted by Crippen LogP contribution is 2.24. The van der Waals surface area contributed by atoms with Crippen molar-refractivity contribution in [2.24, 2.45) is 0 Å². The molecule has 160 valence electrons. The number of anilines is 2. The fourth-order valence-electron chi connectivity index (χ4n) is 4.06. The molecule has 0 aliphatic carbocycles. The molecule has 30 heavy (non-hydrogen) atoms. The van der Waals surface area contributed by atoms with E-state index in [1.54, 1.807) is 6.08 Å². The first-order valence-corrected chi connectivity index (χ1v) is 12.1. The van der Waals surface area contributed by atoms with Crippen molar-refractivity contribution in [2.75, 3.05) is 42.5 Å². The Hall–Kier alpha value is -2.45. The largest absolute Gasteiger partial charge is 0.352 e. The van der Waals surface area contributed by atoms with E-state index in [0.717, 1.165) is 23.7 Å². The van der Waals surface area contributed by atoms with Crippen LogP contribution in [0.5, 0.6) is 0 Å². The molecule has 0 N–H and O–H groups in total. The summed E-state index contributed by atoms with van der Waals surface area (Å²) in [4.78, 5) is 4.42. The molecule has 8 heteroatoms. The molecule has 1 aromatic carbocycles. The van der Waals surface area contributed by atoms with Crippen molar-refractivity contribution in [3.05, 3.63) is 53.4 Å². The lowest BCUT2D eigenvalue weighted by atomic mass is 10.0. The average Bonchev–Trinajstić information content (AvgIpc) is 2.79. The van der Waals surface area contributed by atoms with Gasteiger partial charge < -0.3 is 9.80 Å². The summed E-state index contributed by atoms with van der Waals surface area (Å²) in [6.45, 7) is 5.35. The van der Waals surface area contributed by atoms with Crippen LogP contribution in [0, 0.1) is 0 Å². The molecule has 3 heterocycles. The van der Waals surface area contributed by atoms with E-state index in [1.807, 2.05) is 42.5 Å². The zero-order valence-corrected chi connectivity index (χ0v) is 18.2. The van der Waals surface area contributed by atoms with Crippen LogP contribution in [0.4, 0.5) is 11.6 Å². The topological polar surface area (TPSA) is 69.6 Å². The van der Waals surface area contributed by atoms with Crippen molar-refractivity contribution in [1.82, 2.24) is 14.5 Å². The minimum Gasteiger partial charge on any atom is -0.352 e. The van der Waals surface area contributed by atoms with E-state index in [2.05, 4.69) is 26.9 Å². The zero-order chi connectivity index (χ0) is 21.0. The van der Waals surface area contributed by atoms with Crippen LogP contribution in [0.15, 0.2) is 47.9 Å². The molecule has 1 unspecified atom stereocenters. The Morgan fingerprint density at radius 3 is 2.27 bits per heavy atom. The Labute approximate surface area is 179 Å². The van der Waals surface area contributed by atoms with Crippen molar-refractivity contribution >= 4 is 27.7 Å². The normalized spacial score (nSPS) is 21.3. The van der Waals surface area contributed by atoms with Gasteiger partial charge in [-0.05, 0) is 50.0 Å². The molecular formula is C22H29N5O2S. The molecule has 2 saturated heterocycles. The molecule has 2 aromatic rings. The highest BCUT2D eigenvalue weighted by molar-refractivity contribution is 7.92. The molecule has 7 nitrogen and oxygen atoms in total. The van der Waals surface area contributed by atoms with Crippen LogP contribution < -0.4 is 9.80 Å². The maximum atomic E-state index is 12.6. The summed E-state index contributed by atoms with van der Waals surface area (Å²) in [5.41, 5.74) is 0.873. The third kappa shape index (κ3) is 4.82. The molecule has 2 aliphatic rings. The van der Waals surface area contributed by atoms with Gasteiger partial charge in [0.05, 0.1) is 0 Å². The molecule has 0 radical (unpaired) electrons. The van der Waals surface area contributed by atoms with Gasteiger partial charge in [0.2, 0.25) is 10.0 Å². The Morgan fingerprint density at radius 1 is 0.900 bits per heavy atom. The van der Waals surface area contributed by atoms with Gasteiger partial charge in [0.1, 0.15) is 0 Å². The second kappa shape index (κ2) is 9.14. The first kappa shape index (κ1) is 20.8. The van der Waals surface area contributed by atoms with Gasteiger partial charge in [0.25, 0.3) is 0 Å². The number of aromatic nitrogens is 2. The first-order chi connectivity index (χ1) is 14.5. The molecular weight excluding hydrogens is 398 g/mol. The van der Waals surface area contributed by atoms with Gasteiger partial charge in [-0.1, -0.05) is 30.3 Å². The molecule has 0 spiro atoms. The number of benzene rings is 1. The molecule has 1 aromatic heterocycles. The van der Waals surface area contributed by atoms with E-state index in [-0.39, 0.29) is 0 Å². The third-order valence-corrected chi connectivity index (χ3v) is 7.45. The minimum absolute atomic E-state index is 0.439. The third-order valence-electron chi connectivity index (χ3n) is 5.89. The lowest BCUT2D eigenvalue weighted by Gasteiger charge is -2.35. The predicted octanol–water partition coefficient (Wildman–Crippen LogP) is 2.98. The number of rotatable bonds is 5. The van der Waals surface area contributed by atoms with Gasteiger partial charge in [-0.2, -0.15) is 4.31 Å². The average molecular weight is 428 g/mol. The quantitative estimate of drug-likeness (QED) is 0.731. The summed E-state index contributed by atoms with van der Waals surface area (Å²) in [6, 6.07) is 14.0. The molecule has 4 rings (SSSR count). The fraction of sp³-hybridized carbons (Fsp3) is 0.455. The van der Waals surface area contributed by atoms with Gasteiger partial charge >= 0.3 is 0 Å². The Kier molecular flexibility index (Phi) is 6.34. The maximum absolute atomic E-state index is 12.6. The maximum Gasteiger partial charge on any atom is 0.236 e. The smallest absolute Gasteiger partial charge is 0.236 e. The van der Waals surface area contributed by atoms with Gasteiger partial charge in [0, 0.05) is 44.2 Å². The van der Waals surface area contributed by atoms with Crippen LogP contribution in [0.3, 0.4) is 0 Å². The lowest BCUT2D eigenvalue weighted by Crippen LogP contribution is -2.48. The van der Waals surface area contributed by atoms with Gasteiger partial charge in [0.15, 0.2) is 11.6 Å². The van der Waals surface area contributed by atoms with Gasteiger partial charge in [-0.3, -0.25) is 0 Å². The van der Waals surface area contributed by atoms with E-state index in [4.69, 9.17) is 0 Å². The zero-order valence-electron chi connectivity index (χ0n) is 17.4. The molecule has 0 amide bonds. The van der Waals surface area contributed by atoms with Crippen molar-refractivity contribution in [2.45, 2.75) is 32.2 Å². The summed E-state index contributed by atoms with van der Waals surface area (Å²) in [7, 11) is -3.43. The van der Waals surface area contributed by atoms with Crippen LogP contribution >= 0.6 is 0 Å². The second-order valence-corrected chi connectivity index (χ2v) is 9.75. The summed E-state index contributed by atoms with van der Waals surface area (Å²) in [5, 5.41) is 10.2. The van der Waals surface area contributed by atoms with E-state index in [1.165, 1.54) is 29.0 Å². The highest BCUT2D eigenvalue weighted by atomic mass is 32.2. The Morgan fingerprint density at radius 2 is 1.60 bits per heavy atom. The molecule has 1 atom stereocenters. The molecule has 2 fully saturated rings. The summed E-state index contributed by atoms with van der Waals surface area (Å²) in [6.07, 6.45) is 5.31. The first-order valence-electron chi connectivity index (χ1n) is 10.6. The number of nitrogens with zero attached hydrogens (tertiary/aromatic N) is 5. The van der Waals surface area contributed by atoms with Crippen molar-refractivity contribution < 1.29 is 8.42 Å². The fourth-order valence-corrected chi connectivity index (χ4v) is 5.24. The monoisotopic (exact) mass is 427 g/mol. The van der Waals surface area contributed by atoms with Crippen LogP contribution in [0.25, 0.3) is 6.08 Å². The second-order valence-electron chi connectivity index (χ2n) is 7.93. The number of hydrogen-bond donors (Lipinski definition) is 0. The number of sulfonamides is 1. The van der Waals surface area contributed by atoms with Gasteiger partial charge in [-0.15, -0.1) is 10.2 Å². The van der Waals surface area contributed by atoms with E-state index >= 15 is 0 Å². The molecule has 2 aliphatic heterocycles. The van der Waals surface area contributed by atoms with Crippen molar-refractivity contribution in [3.63, 3.8) is 0 Å². The van der Waals surface area contributed by atoms with E-state index < -0.39 is 10.0 Å². The minimum atomic E-state index is -3.43. The summed E-state index contributed by atoms with van der Waals surface area (Å²) in [5.74, 6) is 1.73. The van der Waals surface area contributed by atoms with Crippen molar-refractivity contribution in [1.29, 1.82) is 0 Å². The Balaban J connectivity index is 1.35. The number of piperidine rings is 1.